The number of carbonyl (C=O) groups is 1. The fraction of sp³-hybridized carbons (Fsp3) is 0.533. The molecule has 6 heteroatoms. The van der Waals surface area contributed by atoms with Crippen LogP contribution in [0.4, 0.5) is 0 Å². The average Bonchev–Trinajstić information content (AvgIpc) is 2.36. The Morgan fingerprint density at radius 3 is 2.48 bits per heavy atom. The van der Waals surface area contributed by atoms with Crippen molar-refractivity contribution >= 4 is 5.91 Å². The molecule has 1 amide bonds. The van der Waals surface area contributed by atoms with E-state index in [1.165, 1.54) is 12.1 Å². The van der Waals surface area contributed by atoms with E-state index >= 15 is 0 Å². The molecule has 0 saturated heterocycles. The molecule has 0 fully saturated rings. The summed E-state index contributed by atoms with van der Waals surface area (Å²) >= 11 is 0. The Labute approximate surface area is 124 Å². The number of phenolic OH excluding ortho intramolecular Hbond substituents is 2. The number of aromatic hydroxyl groups is 2. The van der Waals surface area contributed by atoms with Crippen LogP contribution in [0.1, 0.15) is 32.8 Å². The van der Waals surface area contributed by atoms with Crippen LogP contribution in [0.15, 0.2) is 18.2 Å². The lowest BCUT2D eigenvalue weighted by Gasteiger charge is -2.19. The zero-order chi connectivity index (χ0) is 16.0. The van der Waals surface area contributed by atoms with Gasteiger partial charge in [-0.15, -0.1) is 0 Å². The molecule has 1 rings (SSSR count). The maximum Gasteiger partial charge on any atom is 0.220 e. The first kappa shape index (κ1) is 17.3. The van der Waals surface area contributed by atoms with Crippen molar-refractivity contribution in [3.8, 4) is 11.5 Å². The van der Waals surface area contributed by atoms with Crippen LogP contribution in [0, 0.1) is 5.41 Å². The molecule has 1 aromatic carbocycles. The first-order valence-corrected chi connectivity index (χ1v) is 6.86. The molecule has 0 saturated carbocycles. The van der Waals surface area contributed by atoms with E-state index in [1.54, 1.807) is 6.07 Å². The molecule has 0 aromatic heterocycles. The predicted octanol–water partition coefficient (Wildman–Crippen LogP) is 1.06. The van der Waals surface area contributed by atoms with Gasteiger partial charge in [0.05, 0.1) is 6.54 Å². The topological polar surface area (TPSA) is 102 Å². The molecule has 0 heterocycles. The third-order valence-corrected chi connectivity index (χ3v) is 2.77. The number of hydrogen-bond acceptors (Lipinski definition) is 5. The lowest BCUT2D eigenvalue weighted by Crippen LogP contribution is -2.41. The van der Waals surface area contributed by atoms with E-state index < -0.39 is 6.23 Å². The summed E-state index contributed by atoms with van der Waals surface area (Å²) in [6, 6.07) is 4.42. The predicted molar refractivity (Wildman–Crippen MR) is 79.7 cm³/mol. The summed E-state index contributed by atoms with van der Waals surface area (Å²) in [5.41, 5.74) is 0.622. The number of amides is 1. The highest BCUT2D eigenvalue weighted by atomic mass is 16.3. The van der Waals surface area contributed by atoms with Gasteiger partial charge in [-0.25, -0.2) is 0 Å². The van der Waals surface area contributed by atoms with Crippen LogP contribution < -0.4 is 10.6 Å². The lowest BCUT2D eigenvalue weighted by atomic mass is 9.92. The smallest absolute Gasteiger partial charge is 0.220 e. The van der Waals surface area contributed by atoms with Crippen molar-refractivity contribution in [2.75, 3.05) is 6.54 Å². The van der Waals surface area contributed by atoms with Crippen LogP contribution in [-0.2, 0) is 11.3 Å². The van der Waals surface area contributed by atoms with Gasteiger partial charge in [0.15, 0.2) is 11.5 Å². The molecule has 21 heavy (non-hydrogen) atoms. The molecule has 0 aliphatic carbocycles. The maximum absolute atomic E-state index is 11.6. The molecule has 118 valence electrons. The van der Waals surface area contributed by atoms with Gasteiger partial charge in [0.2, 0.25) is 5.91 Å². The number of aliphatic hydroxyl groups excluding tert-OH is 1. The standard InChI is InChI=1S/C15H24N2O4/c1-15(2,3)7-13(20)17-9-14(21)16-8-10-4-5-11(18)12(19)6-10/h4-6,14,16,18-19,21H,7-9H2,1-3H3,(H,17,20). The quantitative estimate of drug-likeness (QED) is 0.399. The lowest BCUT2D eigenvalue weighted by molar-refractivity contribution is -0.123. The van der Waals surface area contributed by atoms with E-state index in [0.29, 0.717) is 18.5 Å². The SMILES string of the molecule is CC(C)(C)CC(=O)NCC(O)NCc1ccc(O)c(O)c1. The first-order chi connectivity index (χ1) is 9.67. The second-order valence-electron chi connectivity index (χ2n) is 6.26. The Kier molecular flexibility index (Phi) is 5.99. The van der Waals surface area contributed by atoms with Crippen molar-refractivity contribution in [1.29, 1.82) is 0 Å². The van der Waals surface area contributed by atoms with Crippen LogP contribution in [0.25, 0.3) is 0 Å². The molecule has 0 aliphatic rings. The Balaban J connectivity index is 2.32. The maximum atomic E-state index is 11.6. The van der Waals surface area contributed by atoms with Crippen molar-refractivity contribution in [1.82, 2.24) is 10.6 Å². The normalized spacial score (nSPS) is 13.0. The molecule has 1 aromatic rings. The minimum atomic E-state index is -0.884. The highest BCUT2D eigenvalue weighted by Crippen LogP contribution is 2.24. The van der Waals surface area contributed by atoms with Gasteiger partial charge >= 0.3 is 0 Å². The van der Waals surface area contributed by atoms with Gasteiger partial charge in [-0.2, -0.15) is 0 Å². The molecule has 6 nitrogen and oxygen atoms in total. The van der Waals surface area contributed by atoms with Crippen molar-refractivity contribution < 1.29 is 20.1 Å². The largest absolute Gasteiger partial charge is 0.504 e. The van der Waals surface area contributed by atoms with Crippen molar-refractivity contribution in [2.24, 2.45) is 5.41 Å². The van der Waals surface area contributed by atoms with Gasteiger partial charge in [0, 0.05) is 13.0 Å². The Hall–Kier alpha value is -1.79. The Morgan fingerprint density at radius 2 is 1.90 bits per heavy atom. The van der Waals surface area contributed by atoms with Gasteiger partial charge in [-0.05, 0) is 23.1 Å². The Bertz CT molecular complexity index is 483. The zero-order valence-electron chi connectivity index (χ0n) is 12.7. The number of aliphatic hydroxyl groups is 1. The molecule has 0 aliphatic heterocycles. The van der Waals surface area contributed by atoms with Gasteiger partial charge in [0.25, 0.3) is 0 Å². The zero-order valence-corrected chi connectivity index (χ0v) is 12.7. The fourth-order valence-electron chi connectivity index (χ4n) is 1.74. The second-order valence-corrected chi connectivity index (χ2v) is 6.26. The van der Waals surface area contributed by atoms with Crippen LogP contribution in [0.2, 0.25) is 0 Å². The summed E-state index contributed by atoms with van der Waals surface area (Å²) in [4.78, 5) is 11.6. The fourth-order valence-corrected chi connectivity index (χ4v) is 1.74. The van der Waals surface area contributed by atoms with Crippen LogP contribution >= 0.6 is 0 Å². The van der Waals surface area contributed by atoms with E-state index in [-0.39, 0.29) is 29.4 Å². The van der Waals surface area contributed by atoms with Gasteiger partial charge in [-0.3, -0.25) is 10.1 Å². The molecular weight excluding hydrogens is 272 g/mol. The number of hydrogen-bond donors (Lipinski definition) is 5. The van der Waals surface area contributed by atoms with E-state index in [2.05, 4.69) is 10.6 Å². The number of carbonyl (C=O) groups excluding carboxylic acids is 1. The van der Waals surface area contributed by atoms with Gasteiger partial charge < -0.3 is 20.6 Å². The Morgan fingerprint density at radius 1 is 1.24 bits per heavy atom. The number of nitrogens with one attached hydrogen (secondary N) is 2. The van der Waals surface area contributed by atoms with Crippen molar-refractivity contribution in [3.63, 3.8) is 0 Å². The summed E-state index contributed by atoms with van der Waals surface area (Å²) in [7, 11) is 0. The summed E-state index contributed by atoms with van der Waals surface area (Å²) in [6.45, 7) is 6.33. The average molecular weight is 296 g/mol. The summed E-state index contributed by atoms with van der Waals surface area (Å²) < 4.78 is 0. The monoisotopic (exact) mass is 296 g/mol. The molecule has 0 bridgehead atoms. The molecule has 0 spiro atoms. The highest BCUT2D eigenvalue weighted by Gasteiger charge is 2.16. The van der Waals surface area contributed by atoms with Crippen molar-refractivity contribution in [2.45, 2.75) is 40.0 Å². The summed E-state index contributed by atoms with van der Waals surface area (Å²) in [5.74, 6) is -0.498. The van der Waals surface area contributed by atoms with Gasteiger partial charge in [-0.1, -0.05) is 26.8 Å². The number of benzene rings is 1. The van der Waals surface area contributed by atoms with E-state index in [4.69, 9.17) is 0 Å². The van der Waals surface area contributed by atoms with Crippen molar-refractivity contribution in [3.05, 3.63) is 23.8 Å². The minimum Gasteiger partial charge on any atom is -0.504 e. The number of phenols is 2. The van der Waals surface area contributed by atoms with Gasteiger partial charge in [0.1, 0.15) is 6.23 Å². The number of rotatable bonds is 6. The molecule has 5 N–H and O–H groups in total. The molecule has 1 unspecified atom stereocenters. The van der Waals surface area contributed by atoms with Crippen LogP contribution in [-0.4, -0.2) is 34.0 Å². The van der Waals surface area contributed by atoms with Crippen LogP contribution in [0.5, 0.6) is 11.5 Å². The second kappa shape index (κ2) is 7.28. The molecular formula is C15H24N2O4. The highest BCUT2D eigenvalue weighted by molar-refractivity contribution is 5.76. The minimum absolute atomic E-state index is 0.0912. The summed E-state index contributed by atoms with van der Waals surface area (Å²) in [5, 5.41) is 33.8. The molecule has 0 radical (unpaired) electrons. The van der Waals surface area contributed by atoms with E-state index in [9.17, 15) is 20.1 Å². The molecule has 1 atom stereocenters. The third-order valence-electron chi connectivity index (χ3n) is 2.77. The van der Waals surface area contributed by atoms with Crippen LogP contribution in [0.3, 0.4) is 0 Å². The summed E-state index contributed by atoms with van der Waals surface area (Å²) in [6.07, 6.45) is -0.490. The first-order valence-electron chi connectivity index (χ1n) is 6.86. The van der Waals surface area contributed by atoms with E-state index in [1.807, 2.05) is 20.8 Å². The third kappa shape index (κ3) is 6.97. The van der Waals surface area contributed by atoms with E-state index in [0.717, 1.165) is 0 Å².